The number of hydrogen-bond acceptors (Lipinski definition) is 3. The monoisotopic (exact) mass is 409 g/mol. The van der Waals surface area contributed by atoms with E-state index in [0.29, 0.717) is 16.8 Å². The highest BCUT2D eigenvalue weighted by Gasteiger charge is 2.58. The van der Waals surface area contributed by atoms with Crippen molar-refractivity contribution < 1.29 is 9.18 Å². The van der Waals surface area contributed by atoms with Crippen LogP contribution in [-0.2, 0) is 4.79 Å². The molecule has 4 nitrogen and oxygen atoms in total. The maximum Gasteiger partial charge on any atom is 0.228 e. The minimum absolute atomic E-state index is 0.0609. The Balaban J connectivity index is 1.26. The minimum Gasteiger partial charge on any atom is -0.324 e. The number of anilines is 1. The van der Waals surface area contributed by atoms with Crippen molar-refractivity contribution in [3.05, 3.63) is 65.3 Å². The van der Waals surface area contributed by atoms with E-state index in [9.17, 15) is 9.18 Å². The molecule has 2 fully saturated rings. The fourth-order valence-electron chi connectivity index (χ4n) is 4.95. The lowest BCUT2D eigenvalue weighted by molar-refractivity contribution is -0.118. The molecule has 0 saturated heterocycles. The van der Waals surface area contributed by atoms with Crippen molar-refractivity contribution in [2.45, 2.75) is 38.0 Å². The van der Waals surface area contributed by atoms with Gasteiger partial charge in [-0.05, 0) is 85.4 Å². The lowest BCUT2D eigenvalue weighted by Gasteiger charge is -2.30. The molecule has 1 aromatic carbocycles. The number of pyridine rings is 2. The molecule has 1 spiro atoms. The molecule has 6 heteroatoms. The topological polar surface area (TPSA) is 54.9 Å². The fourth-order valence-corrected chi connectivity index (χ4v) is 5.06. The molecule has 2 aliphatic carbocycles. The van der Waals surface area contributed by atoms with Gasteiger partial charge in [-0.1, -0.05) is 11.6 Å². The van der Waals surface area contributed by atoms with Crippen LogP contribution >= 0.6 is 11.6 Å². The lowest BCUT2D eigenvalue weighted by atomic mass is 9.75. The van der Waals surface area contributed by atoms with Crippen molar-refractivity contribution in [1.82, 2.24) is 9.97 Å². The van der Waals surface area contributed by atoms with Crippen molar-refractivity contribution in [3.8, 4) is 0 Å². The highest BCUT2D eigenvalue weighted by atomic mass is 35.5. The van der Waals surface area contributed by atoms with Gasteiger partial charge in [0.2, 0.25) is 5.91 Å². The smallest absolute Gasteiger partial charge is 0.228 e. The van der Waals surface area contributed by atoms with Crippen LogP contribution in [-0.4, -0.2) is 15.9 Å². The Morgan fingerprint density at radius 2 is 1.97 bits per heavy atom. The number of amides is 1. The second-order valence-electron chi connectivity index (χ2n) is 8.31. The molecule has 0 bridgehead atoms. The molecule has 1 N–H and O–H groups in total. The number of hydrogen-bond donors (Lipinski definition) is 1. The summed E-state index contributed by atoms with van der Waals surface area (Å²) in [6.45, 7) is 0. The Bertz CT molecular complexity index is 1080. The molecule has 2 saturated carbocycles. The number of halogens is 2. The van der Waals surface area contributed by atoms with Gasteiger partial charge in [-0.2, -0.15) is 0 Å². The molecule has 148 valence electrons. The zero-order chi connectivity index (χ0) is 20.0. The third kappa shape index (κ3) is 3.48. The first-order valence-electron chi connectivity index (χ1n) is 10.0. The predicted octanol–water partition coefficient (Wildman–Crippen LogP) is 5.72. The average molecular weight is 410 g/mol. The summed E-state index contributed by atoms with van der Waals surface area (Å²) in [7, 11) is 0. The molecule has 1 unspecified atom stereocenters. The summed E-state index contributed by atoms with van der Waals surface area (Å²) < 4.78 is 13.8. The van der Waals surface area contributed by atoms with Crippen LogP contribution in [0.3, 0.4) is 0 Å². The normalized spacial score (nSPS) is 25.9. The van der Waals surface area contributed by atoms with Gasteiger partial charge < -0.3 is 5.32 Å². The average Bonchev–Trinajstić information content (AvgIpc) is 3.43. The van der Waals surface area contributed by atoms with Gasteiger partial charge in [-0.25, -0.2) is 9.37 Å². The van der Waals surface area contributed by atoms with Crippen LogP contribution in [0.1, 0.15) is 43.6 Å². The standard InChI is InChI=1S/C23H21ClFN3O/c24-21-4-2-16(13-27-21)28-22(29)19-12-23(19)8-5-14(6-9-23)17-7-10-26-20-3-1-15(25)11-18(17)20/h1-4,7,10-11,13-14,19H,5-6,8-9,12H2,(H,28,29). The van der Waals surface area contributed by atoms with Crippen molar-refractivity contribution >= 4 is 34.1 Å². The second-order valence-corrected chi connectivity index (χ2v) is 8.70. The lowest BCUT2D eigenvalue weighted by Crippen LogP contribution is -2.22. The van der Waals surface area contributed by atoms with Crippen molar-refractivity contribution in [2.75, 3.05) is 5.32 Å². The first kappa shape index (κ1) is 18.5. The maximum atomic E-state index is 13.8. The van der Waals surface area contributed by atoms with E-state index in [1.807, 2.05) is 12.3 Å². The van der Waals surface area contributed by atoms with Gasteiger partial charge in [-0.3, -0.25) is 9.78 Å². The van der Waals surface area contributed by atoms with E-state index in [-0.39, 0.29) is 23.1 Å². The Morgan fingerprint density at radius 3 is 2.72 bits per heavy atom. The SMILES string of the molecule is O=C(Nc1ccc(Cl)nc1)C1CC12CCC(c1ccnc3ccc(F)cc13)CC2. The molecular weight excluding hydrogens is 389 g/mol. The van der Waals surface area contributed by atoms with Gasteiger partial charge in [0.1, 0.15) is 11.0 Å². The number of rotatable bonds is 3. The van der Waals surface area contributed by atoms with Crippen molar-refractivity contribution in [1.29, 1.82) is 0 Å². The molecule has 1 amide bonds. The largest absolute Gasteiger partial charge is 0.324 e. The van der Waals surface area contributed by atoms with Crippen molar-refractivity contribution in [2.24, 2.45) is 11.3 Å². The number of fused-ring (bicyclic) bond motifs is 1. The van der Waals surface area contributed by atoms with Crippen LogP contribution in [0.2, 0.25) is 5.15 Å². The highest BCUT2D eigenvalue weighted by molar-refractivity contribution is 6.29. The third-order valence-corrected chi connectivity index (χ3v) is 6.88. The van der Waals surface area contributed by atoms with Crippen molar-refractivity contribution in [3.63, 3.8) is 0 Å². The minimum atomic E-state index is -0.227. The van der Waals surface area contributed by atoms with Gasteiger partial charge in [0.25, 0.3) is 0 Å². The van der Waals surface area contributed by atoms with E-state index in [2.05, 4.69) is 15.3 Å². The molecule has 29 heavy (non-hydrogen) atoms. The van der Waals surface area contributed by atoms with E-state index in [4.69, 9.17) is 11.6 Å². The first-order valence-corrected chi connectivity index (χ1v) is 10.4. The zero-order valence-electron chi connectivity index (χ0n) is 15.9. The number of nitrogens with zero attached hydrogens (tertiary/aromatic N) is 2. The van der Waals surface area contributed by atoms with Gasteiger partial charge in [0, 0.05) is 17.5 Å². The summed E-state index contributed by atoms with van der Waals surface area (Å²) in [5.74, 6) is 0.294. The summed E-state index contributed by atoms with van der Waals surface area (Å²) in [5, 5.41) is 4.29. The molecule has 3 aromatic rings. The summed E-state index contributed by atoms with van der Waals surface area (Å²) in [5.41, 5.74) is 2.82. The molecular formula is C23H21ClFN3O. The number of nitrogens with one attached hydrogen (secondary N) is 1. The Labute approximate surface area is 173 Å². The van der Waals surface area contributed by atoms with Crippen LogP contribution in [0, 0.1) is 17.2 Å². The van der Waals surface area contributed by atoms with Crippen LogP contribution < -0.4 is 5.32 Å². The first-order chi connectivity index (χ1) is 14.0. The van der Waals surface area contributed by atoms with E-state index < -0.39 is 0 Å². The Hall–Kier alpha value is -2.53. The number of benzene rings is 1. The molecule has 2 heterocycles. The van der Waals surface area contributed by atoms with E-state index in [1.54, 1.807) is 30.5 Å². The fraction of sp³-hybridized carbons (Fsp3) is 0.348. The molecule has 2 aromatic heterocycles. The van der Waals surface area contributed by atoms with Crippen LogP contribution in [0.5, 0.6) is 0 Å². The van der Waals surface area contributed by atoms with Gasteiger partial charge in [0.05, 0.1) is 17.4 Å². The molecule has 0 aliphatic heterocycles. The Kier molecular flexibility index (Phi) is 4.50. The van der Waals surface area contributed by atoms with Crippen LogP contribution in [0.15, 0.2) is 48.8 Å². The number of carbonyl (C=O) groups excluding carboxylic acids is 1. The third-order valence-electron chi connectivity index (χ3n) is 6.66. The zero-order valence-corrected chi connectivity index (χ0v) is 16.6. The predicted molar refractivity (Wildman–Crippen MR) is 111 cm³/mol. The highest BCUT2D eigenvalue weighted by Crippen LogP contribution is 2.63. The van der Waals surface area contributed by atoms with Gasteiger partial charge >= 0.3 is 0 Å². The van der Waals surface area contributed by atoms with Gasteiger partial charge in [0.15, 0.2) is 0 Å². The van der Waals surface area contributed by atoms with Crippen LogP contribution in [0.25, 0.3) is 10.9 Å². The van der Waals surface area contributed by atoms with E-state index in [0.717, 1.165) is 43.0 Å². The maximum absolute atomic E-state index is 13.8. The quantitative estimate of drug-likeness (QED) is 0.562. The molecule has 2 aliphatic rings. The molecule has 1 atom stereocenters. The second kappa shape index (κ2) is 7.06. The van der Waals surface area contributed by atoms with E-state index >= 15 is 0 Å². The number of carbonyl (C=O) groups is 1. The molecule has 0 radical (unpaired) electrons. The summed E-state index contributed by atoms with van der Waals surface area (Å²) in [4.78, 5) is 21.1. The summed E-state index contributed by atoms with van der Waals surface area (Å²) >= 11 is 5.80. The molecule has 5 rings (SSSR count). The summed E-state index contributed by atoms with van der Waals surface area (Å²) in [6, 6.07) is 10.3. The van der Waals surface area contributed by atoms with E-state index in [1.165, 1.54) is 11.6 Å². The number of aromatic nitrogens is 2. The van der Waals surface area contributed by atoms with Gasteiger partial charge in [-0.15, -0.1) is 0 Å². The van der Waals surface area contributed by atoms with Crippen LogP contribution in [0.4, 0.5) is 10.1 Å². The summed E-state index contributed by atoms with van der Waals surface area (Å²) in [6.07, 6.45) is 8.41. The Morgan fingerprint density at radius 1 is 1.14 bits per heavy atom.